The van der Waals surface area contributed by atoms with Gasteiger partial charge in [-0.15, -0.1) is 0 Å². The topological polar surface area (TPSA) is 54.0 Å². The minimum absolute atomic E-state index is 0.0796. The van der Waals surface area contributed by atoms with Crippen molar-refractivity contribution in [2.45, 2.75) is 25.4 Å². The second kappa shape index (κ2) is 7.76. The van der Waals surface area contributed by atoms with Crippen LogP contribution >= 0.6 is 0 Å². The number of benzene rings is 2. The van der Waals surface area contributed by atoms with Crippen LogP contribution in [0.15, 0.2) is 60.8 Å². The largest absolute Gasteiger partial charge is 0.372 e. The van der Waals surface area contributed by atoms with E-state index in [-0.39, 0.29) is 11.9 Å². The molecule has 142 valence electrons. The highest BCUT2D eigenvalue weighted by molar-refractivity contribution is 5.87. The first-order valence-electron chi connectivity index (χ1n) is 9.08. The van der Waals surface area contributed by atoms with E-state index in [1.165, 1.54) is 6.07 Å². The van der Waals surface area contributed by atoms with Gasteiger partial charge in [-0.1, -0.05) is 36.4 Å². The van der Waals surface area contributed by atoms with E-state index in [2.05, 4.69) is 15.6 Å². The van der Waals surface area contributed by atoms with Gasteiger partial charge in [-0.05, 0) is 41.3 Å². The Hall–Kier alpha value is -3.28. The van der Waals surface area contributed by atoms with Crippen LogP contribution in [-0.2, 0) is 24.2 Å². The number of carbonyl (C=O) groups is 1. The molecule has 0 saturated carbocycles. The number of aromatic nitrogens is 1. The Labute approximate surface area is 161 Å². The fourth-order valence-corrected chi connectivity index (χ4v) is 3.30. The first-order chi connectivity index (χ1) is 13.6. The molecule has 1 unspecified atom stereocenters. The molecule has 2 aromatic carbocycles. The fourth-order valence-electron chi connectivity index (χ4n) is 3.30. The number of fused-ring (bicyclic) bond motifs is 1. The van der Waals surface area contributed by atoms with Gasteiger partial charge in [0.25, 0.3) is 0 Å². The van der Waals surface area contributed by atoms with Gasteiger partial charge in [0.15, 0.2) is 11.6 Å². The molecule has 1 atom stereocenters. The number of halogens is 2. The molecule has 6 heteroatoms. The third-order valence-corrected chi connectivity index (χ3v) is 4.77. The van der Waals surface area contributed by atoms with Crippen LogP contribution in [0.25, 0.3) is 0 Å². The van der Waals surface area contributed by atoms with Crippen molar-refractivity contribution in [1.29, 1.82) is 0 Å². The number of pyridine rings is 1. The molecule has 0 aliphatic carbocycles. The summed E-state index contributed by atoms with van der Waals surface area (Å²) in [6.45, 7) is 0.475. The molecule has 28 heavy (non-hydrogen) atoms. The molecule has 0 radical (unpaired) electrons. The molecule has 1 aliphatic heterocycles. The molecule has 2 N–H and O–H groups in total. The van der Waals surface area contributed by atoms with Crippen LogP contribution in [0.3, 0.4) is 0 Å². The molecule has 1 aromatic heterocycles. The molecular formula is C22H19F2N3O. The third-order valence-electron chi connectivity index (χ3n) is 4.77. The standard InChI is InChI=1S/C22H19F2N3O/c23-17-7-6-15(9-18(17)24)8-16-10-20-19(25-13-16)11-21(27-20)22(28)26-12-14-4-2-1-3-5-14/h1-7,9-10,13,21,27H,8,11-12H2,(H,26,28). The van der Waals surface area contributed by atoms with Gasteiger partial charge in [0.2, 0.25) is 5.91 Å². The summed E-state index contributed by atoms with van der Waals surface area (Å²) in [5.41, 5.74) is 4.20. The summed E-state index contributed by atoms with van der Waals surface area (Å²) in [6, 6.07) is 15.1. The number of nitrogens with zero attached hydrogens (tertiary/aromatic N) is 1. The van der Waals surface area contributed by atoms with Crippen molar-refractivity contribution in [3.8, 4) is 0 Å². The summed E-state index contributed by atoms with van der Waals surface area (Å²) < 4.78 is 26.5. The molecule has 2 heterocycles. The summed E-state index contributed by atoms with van der Waals surface area (Å²) in [5.74, 6) is -1.80. The normalized spacial score (nSPS) is 15.0. The number of carbonyl (C=O) groups excluding carboxylic acids is 1. The Morgan fingerprint density at radius 2 is 1.86 bits per heavy atom. The van der Waals surface area contributed by atoms with Gasteiger partial charge in [-0.2, -0.15) is 0 Å². The van der Waals surface area contributed by atoms with Crippen LogP contribution in [0.5, 0.6) is 0 Å². The van der Waals surface area contributed by atoms with E-state index < -0.39 is 11.6 Å². The zero-order valence-electron chi connectivity index (χ0n) is 15.1. The molecule has 4 rings (SSSR count). The highest BCUT2D eigenvalue weighted by Gasteiger charge is 2.27. The summed E-state index contributed by atoms with van der Waals surface area (Å²) in [7, 11) is 0. The highest BCUT2D eigenvalue weighted by Crippen LogP contribution is 2.26. The van der Waals surface area contributed by atoms with Crippen LogP contribution in [0.1, 0.15) is 22.4 Å². The highest BCUT2D eigenvalue weighted by atomic mass is 19.2. The van der Waals surface area contributed by atoms with Crippen molar-refractivity contribution in [1.82, 2.24) is 10.3 Å². The van der Waals surface area contributed by atoms with E-state index in [0.29, 0.717) is 24.9 Å². The third kappa shape index (κ3) is 4.01. The number of hydrogen-bond donors (Lipinski definition) is 2. The molecule has 1 aliphatic rings. The van der Waals surface area contributed by atoms with Crippen molar-refractivity contribution in [3.05, 3.63) is 94.8 Å². The van der Waals surface area contributed by atoms with E-state index in [1.54, 1.807) is 12.3 Å². The van der Waals surface area contributed by atoms with Crippen LogP contribution in [0.4, 0.5) is 14.5 Å². The van der Waals surface area contributed by atoms with Crippen LogP contribution in [-0.4, -0.2) is 16.9 Å². The maximum absolute atomic E-state index is 13.4. The maximum Gasteiger partial charge on any atom is 0.243 e. The van der Waals surface area contributed by atoms with E-state index in [9.17, 15) is 13.6 Å². The van der Waals surface area contributed by atoms with Crippen molar-refractivity contribution in [3.63, 3.8) is 0 Å². The van der Waals surface area contributed by atoms with E-state index in [4.69, 9.17) is 0 Å². The van der Waals surface area contributed by atoms with Gasteiger partial charge in [0.1, 0.15) is 6.04 Å². The minimum atomic E-state index is -0.861. The van der Waals surface area contributed by atoms with Gasteiger partial charge in [0, 0.05) is 19.2 Å². The molecule has 0 fully saturated rings. The second-order valence-electron chi connectivity index (χ2n) is 6.87. The van der Waals surface area contributed by atoms with Gasteiger partial charge in [-0.25, -0.2) is 8.78 Å². The van der Waals surface area contributed by atoms with Gasteiger partial charge in [0.05, 0.1) is 11.4 Å². The summed E-state index contributed by atoms with van der Waals surface area (Å²) >= 11 is 0. The van der Waals surface area contributed by atoms with E-state index in [1.807, 2.05) is 36.4 Å². The number of rotatable bonds is 5. The Balaban J connectivity index is 1.39. The van der Waals surface area contributed by atoms with Crippen LogP contribution in [0.2, 0.25) is 0 Å². The molecular weight excluding hydrogens is 360 g/mol. The van der Waals surface area contributed by atoms with Crippen molar-refractivity contribution in [2.75, 3.05) is 5.32 Å². The summed E-state index contributed by atoms with van der Waals surface area (Å²) in [5, 5.41) is 6.14. The maximum atomic E-state index is 13.4. The molecule has 3 aromatic rings. The molecule has 4 nitrogen and oxygen atoms in total. The monoisotopic (exact) mass is 379 g/mol. The number of hydrogen-bond acceptors (Lipinski definition) is 3. The lowest BCUT2D eigenvalue weighted by molar-refractivity contribution is -0.121. The minimum Gasteiger partial charge on any atom is -0.372 e. The second-order valence-corrected chi connectivity index (χ2v) is 6.87. The summed E-state index contributed by atoms with van der Waals surface area (Å²) in [4.78, 5) is 16.9. The van der Waals surface area contributed by atoms with Crippen molar-refractivity contribution in [2.24, 2.45) is 0 Å². The van der Waals surface area contributed by atoms with Gasteiger partial charge >= 0.3 is 0 Å². The van der Waals surface area contributed by atoms with Crippen molar-refractivity contribution >= 4 is 11.6 Å². The first-order valence-corrected chi connectivity index (χ1v) is 9.08. The lowest BCUT2D eigenvalue weighted by atomic mass is 10.1. The molecule has 0 saturated heterocycles. The quantitative estimate of drug-likeness (QED) is 0.712. The Morgan fingerprint density at radius 1 is 1.04 bits per heavy atom. The van der Waals surface area contributed by atoms with Crippen LogP contribution in [0, 0.1) is 11.6 Å². The average Bonchev–Trinajstić information content (AvgIpc) is 3.13. The van der Waals surface area contributed by atoms with Crippen LogP contribution < -0.4 is 10.6 Å². The Bertz CT molecular complexity index is 1010. The predicted octanol–water partition coefficient (Wildman–Crippen LogP) is 3.60. The zero-order chi connectivity index (χ0) is 19.5. The molecule has 0 spiro atoms. The SMILES string of the molecule is O=C(NCc1ccccc1)C1Cc2ncc(Cc3ccc(F)c(F)c3)cc2N1. The number of amides is 1. The predicted molar refractivity (Wildman–Crippen MR) is 103 cm³/mol. The van der Waals surface area contributed by atoms with Crippen molar-refractivity contribution < 1.29 is 13.6 Å². The number of anilines is 1. The Kier molecular flexibility index (Phi) is 5.02. The summed E-state index contributed by atoms with van der Waals surface area (Å²) in [6.07, 6.45) is 2.66. The lowest BCUT2D eigenvalue weighted by Crippen LogP contribution is -2.38. The van der Waals surface area contributed by atoms with E-state index in [0.717, 1.165) is 28.6 Å². The van der Waals surface area contributed by atoms with E-state index >= 15 is 0 Å². The Morgan fingerprint density at radius 3 is 2.64 bits per heavy atom. The number of nitrogens with one attached hydrogen (secondary N) is 2. The lowest BCUT2D eigenvalue weighted by Gasteiger charge is -2.12. The van der Waals surface area contributed by atoms with Gasteiger partial charge < -0.3 is 10.6 Å². The fraction of sp³-hybridized carbons (Fsp3) is 0.182. The molecule has 1 amide bonds. The average molecular weight is 379 g/mol. The first kappa shape index (κ1) is 18.1. The smallest absolute Gasteiger partial charge is 0.243 e. The zero-order valence-corrected chi connectivity index (χ0v) is 15.1. The molecule has 0 bridgehead atoms. The van der Waals surface area contributed by atoms with Gasteiger partial charge in [-0.3, -0.25) is 9.78 Å².